The van der Waals surface area contributed by atoms with Gasteiger partial charge < -0.3 is 20.7 Å². The second-order valence-corrected chi connectivity index (χ2v) is 5.68. The van der Waals surface area contributed by atoms with Crippen molar-refractivity contribution in [3.63, 3.8) is 0 Å². The lowest BCUT2D eigenvalue weighted by Crippen LogP contribution is -2.34. The molecule has 0 bridgehead atoms. The van der Waals surface area contributed by atoms with Gasteiger partial charge >= 0.3 is 0 Å². The summed E-state index contributed by atoms with van der Waals surface area (Å²) in [4.78, 5) is 14.5. The van der Waals surface area contributed by atoms with Crippen molar-refractivity contribution in [3.8, 4) is 0 Å². The van der Waals surface area contributed by atoms with Crippen LogP contribution in [0.25, 0.3) is 0 Å². The molecule has 1 atom stereocenters. The summed E-state index contributed by atoms with van der Waals surface area (Å²) < 4.78 is 5.35. The number of carbonyl (C=O) groups is 1. The molecule has 3 N–H and O–H groups in total. The number of benzene rings is 1. The number of hydrogen-bond acceptors (Lipinski definition) is 4. The molecule has 2 rings (SSSR count). The van der Waals surface area contributed by atoms with E-state index < -0.39 is 0 Å². The van der Waals surface area contributed by atoms with Crippen molar-refractivity contribution < 1.29 is 9.53 Å². The van der Waals surface area contributed by atoms with Crippen LogP contribution >= 0.6 is 12.2 Å². The minimum atomic E-state index is -0.0131. The Morgan fingerprint density at radius 1 is 1.57 bits per heavy atom. The molecule has 1 aromatic carbocycles. The van der Waals surface area contributed by atoms with Gasteiger partial charge in [0, 0.05) is 36.9 Å². The van der Waals surface area contributed by atoms with Crippen LogP contribution in [0.1, 0.15) is 18.4 Å². The first-order chi connectivity index (χ1) is 10.1. The van der Waals surface area contributed by atoms with Crippen molar-refractivity contribution in [3.05, 3.63) is 29.8 Å². The first-order valence-electron chi connectivity index (χ1n) is 7.04. The van der Waals surface area contributed by atoms with Crippen LogP contribution in [0.5, 0.6) is 0 Å². The van der Waals surface area contributed by atoms with E-state index in [-0.39, 0.29) is 5.91 Å². The average Bonchev–Trinajstić information content (AvgIpc) is 2.99. The third-order valence-electron chi connectivity index (χ3n) is 3.65. The summed E-state index contributed by atoms with van der Waals surface area (Å²) in [6, 6.07) is 7.69. The highest BCUT2D eigenvalue weighted by molar-refractivity contribution is 7.80. The molecule has 0 radical (unpaired) electrons. The van der Waals surface area contributed by atoms with Crippen molar-refractivity contribution in [2.75, 3.05) is 32.1 Å². The van der Waals surface area contributed by atoms with Crippen LogP contribution in [-0.4, -0.2) is 48.6 Å². The molecule has 5 nitrogen and oxygen atoms in total. The van der Waals surface area contributed by atoms with E-state index in [1.165, 1.54) is 0 Å². The molecule has 1 fully saturated rings. The topological polar surface area (TPSA) is 67.6 Å². The summed E-state index contributed by atoms with van der Waals surface area (Å²) in [7, 11) is 2.03. The van der Waals surface area contributed by atoms with Crippen LogP contribution < -0.4 is 11.1 Å². The van der Waals surface area contributed by atoms with E-state index in [2.05, 4.69) is 10.2 Å². The standard InChI is InChI=1S/C15H21N3O2S/c1-18(13-6-8-20-10-13)7-5-14(19)17-12-4-2-3-11(9-12)15(16)21/h2-4,9,13H,5-8,10H2,1H3,(H2,16,21)(H,17,19). The van der Waals surface area contributed by atoms with Crippen LogP contribution in [0, 0.1) is 0 Å². The average molecular weight is 307 g/mol. The zero-order chi connectivity index (χ0) is 15.2. The van der Waals surface area contributed by atoms with Crippen LogP contribution in [-0.2, 0) is 9.53 Å². The number of rotatable bonds is 6. The Bertz CT molecular complexity index is 515. The third kappa shape index (κ3) is 4.77. The Morgan fingerprint density at radius 3 is 3.05 bits per heavy atom. The summed E-state index contributed by atoms with van der Waals surface area (Å²) in [6.07, 6.45) is 1.48. The summed E-state index contributed by atoms with van der Waals surface area (Å²) >= 11 is 4.93. The zero-order valence-corrected chi connectivity index (χ0v) is 13.0. The van der Waals surface area contributed by atoms with Crippen molar-refractivity contribution in [1.29, 1.82) is 0 Å². The molecule has 1 unspecified atom stereocenters. The lowest BCUT2D eigenvalue weighted by Gasteiger charge is -2.22. The number of nitrogens with two attached hydrogens (primary N) is 1. The highest BCUT2D eigenvalue weighted by Crippen LogP contribution is 2.13. The van der Waals surface area contributed by atoms with E-state index in [0.717, 1.165) is 37.4 Å². The molecule has 1 aliphatic rings. The summed E-state index contributed by atoms with van der Waals surface area (Å²) in [5.74, 6) is -0.0131. The molecule has 1 amide bonds. The lowest BCUT2D eigenvalue weighted by molar-refractivity contribution is -0.116. The van der Waals surface area contributed by atoms with Crippen LogP contribution in [0.4, 0.5) is 5.69 Å². The SMILES string of the molecule is CN(CCC(=O)Nc1cccc(C(N)=S)c1)C1CCOC1. The number of anilines is 1. The monoisotopic (exact) mass is 307 g/mol. The maximum atomic E-state index is 12.0. The fraction of sp³-hybridized carbons (Fsp3) is 0.467. The number of thiocarbonyl (C=S) groups is 1. The predicted octanol–water partition coefficient (Wildman–Crippen LogP) is 1.37. The second kappa shape index (κ2) is 7.49. The summed E-state index contributed by atoms with van der Waals surface area (Å²) in [6.45, 7) is 2.29. The molecule has 0 aromatic heterocycles. The van der Waals surface area contributed by atoms with Crippen LogP contribution in [0.2, 0.25) is 0 Å². The molecule has 1 aromatic rings. The smallest absolute Gasteiger partial charge is 0.225 e. The number of ether oxygens (including phenoxy) is 1. The first kappa shape index (κ1) is 15.9. The van der Waals surface area contributed by atoms with Gasteiger partial charge in [0.1, 0.15) is 4.99 Å². The Balaban J connectivity index is 1.81. The van der Waals surface area contributed by atoms with Gasteiger partial charge in [-0.2, -0.15) is 0 Å². The van der Waals surface area contributed by atoms with E-state index in [1.807, 2.05) is 25.2 Å². The van der Waals surface area contributed by atoms with Crippen molar-refractivity contribution in [1.82, 2.24) is 4.90 Å². The highest BCUT2D eigenvalue weighted by atomic mass is 32.1. The molecular weight excluding hydrogens is 286 g/mol. The molecular formula is C15H21N3O2S. The molecule has 21 heavy (non-hydrogen) atoms. The molecule has 0 aliphatic carbocycles. The molecule has 1 heterocycles. The highest BCUT2D eigenvalue weighted by Gasteiger charge is 2.20. The first-order valence-corrected chi connectivity index (χ1v) is 7.45. The van der Waals surface area contributed by atoms with E-state index in [9.17, 15) is 4.79 Å². The van der Waals surface area contributed by atoms with Crippen LogP contribution in [0.15, 0.2) is 24.3 Å². The van der Waals surface area contributed by atoms with Gasteiger partial charge in [-0.15, -0.1) is 0 Å². The minimum Gasteiger partial charge on any atom is -0.389 e. The third-order valence-corrected chi connectivity index (χ3v) is 3.89. The summed E-state index contributed by atoms with van der Waals surface area (Å²) in [5.41, 5.74) is 7.05. The molecule has 1 aliphatic heterocycles. The molecule has 114 valence electrons. The zero-order valence-electron chi connectivity index (χ0n) is 12.2. The minimum absolute atomic E-state index is 0.0131. The van der Waals surface area contributed by atoms with Crippen LogP contribution in [0.3, 0.4) is 0 Å². The van der Waals surface area contributed by atoms with Gasteiger partial charge in [-0.3, -0.25) is 4.79 Å². The van der Waals surface area contributed by atoms with E-state index in [1.54, 1.807) is 6.07 Å². The normalized spacial score (nSPS) is 17.9. The Labute approximate surface area is 130 Å². The van der Waals surface area contributed by atoms with Gasteiger partial charge in [-0.1, -0.05) is 24.4 Å². The van der Waals surface area contributed by atoms with Crippen molar-refractivity contribution >= 4 is 28.8 Å². The Morgan fingerprint density at radius 2 is 2.38 bits per heavy atom. The fourth-order valence-electron chi connectivity index (χ4n) is 2.30. The molecule has 0 saturated carbocycles. The van der Waals surface area contributed by atoms with Gasteiger partial charge in [0.2, 0.25) is 5.91 Å². The van der Waals surface area contributed by atoms with Crippen molar-refractivity contribution in [2.24, 2.45) is 5.73 Å². The number of nitrogens with zero attached hydrogens (tertiary/aromatic N) is 1. The number of carbonyl (C=O) groups excluding carboxylic acids is 1. The number of amides is 1. The molecule has 0 spiro atoms. The maximum Gasteiger partial charge on any atom is 0.225 e. The van der Waals surface area contributed by atoms with Crippen molar-refractivity contribution in [2.45, 2.75) is 18.9 Å². The molecule has 1 saturated heterocycles. The number of hydrogen-bond donors (Lipinski definition) is 2. The van der Waals surface area contributed by atoms with E-state index in [0.29, 0.717) is 17.5 Å². The maximum absolute atomic E-state index is 12.0. The largest absolute Gasteiger partial charge is 0.389 e. The lowest BCUT2D eigenvalue weighted by atomic mass is 10.2. The summed E-state index contributed by atoms with van der Waals surface area (Å²) in [5, 5.41) is 2.87. The van der Waals surface area contributed by atoms with E-state index >= 15 is 0 Å². The molecule has 6 heteroatoms. The van der Waals surface area contributed by atoms with Gasteiger partial charge in [-0.05, 0) is 25.6 Å². The van der Waals surface area contributed by atoms with Gasteiger partial charge in [0.25, 0.3) is 0 Å². The second-order valence-electron chi connectivity index (χ2n) is 5.24. The van der Waals surface area contributed by atoms with Gasteiger partial charge in [-0.25, -0.2) is 0 Å². The van der Waals surface area contributed by atoms with Gasteiger partial charge in [0.05, 0.1) is 6.61 Å². The number of nitrogens with one attached hydrogen (secondary N) is 1. The Hall–Kier alpha value is -1.50. The number of likely N-dealkylation sites (N-methyl/N-ethyl adjacent to an activating group) is 1. The van der Waals surface area contributed by atoms with E-state index in [4.69, 9.17) is 22.7 Å². The quantitative estimate of drug-likeness (QED) is 0.777. The van der Waals surface area contributed by atoms with Gasteiger partial charge in [0.15, 0.2) is 0 Å². The Kier molecular flexibility index (Phi) is 5.67. The fourth-order valence-corrected chi connectivity index (χ4v) is 2.43. The predicted molar refractivity (Wildman–Crippen MR) is 87.4 cm³/mol.